The van der Waals surface area contributed by atoms with Crippen molar-refractivity contribution in [2.45, 2.75) is 6.04 Å². The van der Waals surface area contributed by atoms with E-state index in [1.165, 1.54) is 24.1 Å². The Bertz CT molecular complexity index is 903. The maximum absolute atomic E-state index is 12.6. The summed E-state index contributed by atoms with van der Waals surface area (Å²) in [6.45, 7) is -0.421. The summed E-state index contributed by atoms with van der Waals surface area (Å²) in [4.78, 5) is 26.3. The number of phenols is 1. The number of phenolic OH excluding ortho intramolecular Hbond substituents is 1. The van der Waals surface area contributed by atoms with Crippen LogP contribution in [-0.2, 0) is 9.59 Å². The van der Waals surface area contributed by atoms with Crippen molar-refractivity contribution in [3.63, 3.8) is 0 Å². The second kappa shape index (κ2) is 7.51. The Morgan fingerprint density at radius 1 is 1.15 bits per heavy atom. The number of aliphatic hydroxyl groups is 2. The average molecular weight is 369 g/mol. The van der Waals surface area contributed by atoms with E-state index < -0.39 is 17.7 Å². The van der Waals surface area contributed by atoms with Crippen LogP contribution in [0.25, 0.3) is 5.76 Å². The number of likely N-dealkylation sites (tertiary alicyclic amines) is 1. The number of aromatic hydroxyl groups is 1. The molecule has 0 radical (unpaired) electrons. The van der Waals surface area contributed by atoms with Gasteiger partial charge in [0.25, 0.3) is 11.7 Å². The van der Waals surface area contributed by atoms with Gasteiger partial charge in [0.1, 0.15) is 17.3 Å². The Kier molecular flexibility index (Phi) is 5.14. The van der Waals surface area contributed by atoms with Crippen molar-refractivity contribution in [3.8, 4) is 11.5 Å². The molecule has 1 heterocycles. The van der Waals surface area contributed by atoms with E-state index in [1.54, 1.807) is 36.4 Å². The molecule has 1 atom stereocenters. The summed E-state index contributed by atoms with van der Waals surface area (Å²) in [7, 11) is 1.51. The van der Waals surface area contributed by atoms with Gasteiger partial charge in [-0.2, -0.15) is 0 Å². The molecule has 3 N–H and O–H groups in total. The van der Waals surface area contributed by atoms with Crippen molar-refractivity contribution in [2.75, 3.05) is 20.3 Å². The van der Waals surface area contributed by atoms with Crippen LogP contribution >= 0.6 is 0 Å². The lowest BCUT2D eigenvalue weighted by atomic mass is 9.95. The van der Waals surface area contributed by atoms with Crippen molar-refractivity contribution in [3.05, 3.63) is 65.2 Å². The fourth-order valence-electron chi connectivity index (χ4n) is 3.16. The molecule has 2 aromatic carbocycles. The van der Waals surface area contributed by atoms with Gasteiger partial charge in [-0.25, -0.2) is 0 Å². The van der Waals surface area contributed by atoms with Gasteiger partial charge >= 0.3 is 0 Å². The normalized spacial score (nSPS) is 18.7. The van der Waals surface area contributed by atoms with Crippen LogP contribution in [0.4, 0.5) is 0 Å². The number of hydrogen-bond acceptors (Lipinski definition) is 6. The maximum atomic E-state index is 12.6. The Balaban J connectivity index is 2.16. The zero-order valence-corrected chi connectivity index (χ0v) is 14.6. The van der Waals surface area contributed by atoms with Gasteiger partial charge in [0.05, 0.1) is 25.3 Å². The third kappa shape index (κ3) is 3.37. The standard InChI is InChI=1S/C20H19NO6/c1-27-15-7-5-12(6-8-15)18(24)16-17(13-3-2-4-14(23)11-13)21(9-10-22)20(26)19(16)25/h2-8,11,17,22-24H,9-10H2,1H3/t17-/m0/s1. The van der Waals surface area contributed by atoms with E-state index in [9.17, 15) is 24.9 Å². The number of carbonyl (C=O) groups excluding carboxylic acids is 2. The number of β-amino-alcohol motifs (C(OH)–C–C–N with tert-alkyl or cyclic N) is 1. The number of Topliss-reactive ketones (excluding diaryl/α,β-unsaturated/α-hetero) is 1. The SMILES string of the molecule is COc1ccc(C(O)=C2C(=O)C(=O)N(CCO)[C@H]2c2cccc(O)c2)cc1. The highest BCUT2D eigenvalue weighted by Crippen LogP contribution is 2.40. The van der Waals surface area contributed by atoms with E-state index >= 15 is 0 Å². The Morgan fingerprint density at radius 2 is 1.85 bits per heavy atom. The van der Waals surface area contributed by atoms with Crippen molar-refractivity contribution in [2.24, 2.45) is 0 Å². The lowest BCUT2D eigenvalue weighted by molar-refractivity contribution is -0.140. The third-order valence-electron chi connectivity index (χ3n) is 4.43. The van der Waals surface area contributed by atoms with E-state index in [0.29, 0.717) is 16.9 Å². The van der Waals surface area contributed by atoms with Crippen LogP contribution in [0.1, 0.15) is 17.2 Å². The largest absolute Gasteiger partial charge is 0.508 e. The summed E-state index contributed by atoms with van der Waals surface area (Å²) in [5.74, 6) is -1.44. The van der Waals surface area contributed by atoms with E-state index in [0.717, 1.165) is 0 Å². The molecule has 0 aliphatic carbocycles. The molecule has 27 heavy (non-hydrogen) atoms. The van der Waals surface area contributed by atoms with Gasteiger partial charge in [-0.05, 0) is 42.0 Å². The van der Waals surface area contributed by atoms with Crippen molar-refractivity contribution in [1.82, 2.24) is 4.90 Å². The molecule has 2 aromatic rings. The Labute approximate surface area is 155 Å². The number of carbonyl (C=O) groups is 2. The number of ether oxygens (including phenoxy) is 1. The van der Waals surface area contributed by atoms with Gasteiger partial charge in [-0.1, -0.05) is 12.1 Å². The number of amides is 1. The highest BCUT2D eigenvalue weighted by molar-refractivity contribution is 6.46. The van der Waals surface area contributed by atoms with Crippen molar-refractivity contribution < 1.29 is 29.6 Å². The van der Waals surface area contributed by atoms with Crippen LogP contribution < -0.4 is 4.74 Å². The summed E-state index contributed by atoms with van der Waals surface area (Å²) in [5.41, 5.74) is 0.713. The van der Waals surface area contributed by atoms with Gasteiger partial charge in [-0.3, -0.25) is 9.59 Å². The topological polar surface area (TPSA) is 107 Å². The van der Waals surface area contributed by atoms with Crippen LogP contribution in [0.3, 0.4) is 0 Å². The number of rotatable bonds is 5. The second-order valence-electron chi connectivity index (χ2n) is 6.04. The van der Waals surface area contributed by atoms with E-state index in [-0.39, 0.29) is 30.2 Å². The lowest BCUT2D eigenvalue weighted by Crippen LogP contribution is -2.32. The zero-order chi connectivity index (χ0) is 19.6. The average Bonchev–Trinajstić information content (AvgIpc) is 2.93. The first-order valence-corrected chi connectivity index (χ1v) is 8.30. The van der Waals surface area contributed by atoms with Crippen LogP contribution in [0, 0.1) is 0 Å². The summed E-state index contributed by atoms with van der Waals surface area (Å²) in [6, 6.07) is 11.6. The van der Waals surface area contributed by atoms with Crippen molar-refractivity contribution in [1.29, 1.82) is 0 Å². The number of nitrogens with zero attached hydrogens (tertiary/aromatic N) is 1. The van der Waals surface area contributed by atoms with E-state index in [1.807, 2.05) is 0 Å². The molecule has 3 rings (SSSR count). The summed E-state index contributed by atoms with van der Waals surface area (Å²) in [6.07, 6.45) is 0. The fourth-order valence-corrected chi connectivity index (χ4v) is 3.16. The summed E-state index contributed by atoms with van der Waals surface area (Å²) >= 11 is 0. The molecule has 1 aliphatic rings. The zero-order valence-electron chi connectivity index (χ0n) is 14.6. The molecule has 1 fully saturated rings. The number of hydrogen-bond donors (Lipinski definition) is 3. The predicted molar refractivity (Wildman–Crippen MR) is 97.2 cm³/mol. The lowest BCUT2D eigenvalue weighted by Gasteiger charge is -2.24. The molecular weight excluding hydrogens is 350 g/mol. The molecule has 0 unspecified atom stereocenters. The number of methoxy groups -OCH3 is 1. The molecule has 140 valence electrons. The minimum absolute atomic E-state index is 0.0356. The Hall–Kier alpha value is -3.32. The van der Waals surface area contributed by atoms with Crippen LogP contribution in [0.2, 0.25) is 0 Å². The first-order valence-electron chi connectivity index (χ1n) is 8.30. The number of benzene rings is 2. The van der Waals surface area contributed by atoms with Crippen molar-refractivity contribution >= 4 is 17.4 Å². The monoisotopic (exact) mass is 369 g/mol. The summed E-state index contributed by atoms with van der Waals surface area (Å²) in [5, 5.41) is 29.9. The minimum Gasteiger partial charge on any atom is -0.508 e. The molecule has 0 bridgehead atoms. The molecule has 7 heteroatoms. The molecule has 7 nitrogen and oxygen atoms in total. The van der Waals surface area contributed by atoms with E-state index in [2.05, 4.69) is 0 Å². The van der Waals surface area contributed by atoms with Crippen LogP contribution in [0.5, 0.6) is 11.5 Å². The molecular formula is C20H19NO6. The molecule has 1 aliphatic heterocycles. The quantitative estimate of drug-likeness (QED) is 0.422. The maximum Gasteiger partial charge on any atom is 0.295 e. The van der Waals surface area contributed by atoms with Gasteiger partial charge in [0.2, 0.25) is 0 Å². The smallest absolute Gasteiger partial charge is 0.295 e. The summed E-state index contributed by atoms with van der Waals surface area (Å²) < 4.78 is 5.08. The first-order chi connectivity index (χ1) is 13.0. The molecule has 1 amide bonds. The number of aliphatic hydroxyl groups excluding tert-OH is 2. The minimum atomic E-state index is -0.911. The second-order valence-corrected chi connectivity index (χ2v) is 6.04. The molecule has 0 saturated carbocycles. The highest BCUT2D eigenvalue weighted by Gasteiger charge is 2.45. The molecule has 1 saturated heterocycles. The third-order valence-corrected chi connectivity index (χ3v) is 4.43. The Morgan fingerprint density at radius 3 is 2.44 bits per heavy atom. The van der Waals surface area contributed by atoms with E-state index in [4.69, 9.17) is 4.74 Å². The predicted octanol–water partition coefficient (Wildman–Crippen LogP) is 1.81. The fraction of sp³-hybridized carbons (Fsp3) is 0.200. The van der Waals surface area contributed by atoms with Gasteiger partial charge < -0.3 is 25.0 Å². The number of ketones is 1. The van der Waals surface area contributed by atoms with Gasteiger partial charge in [0.15, 0.2) is 0 Å². The van der Waals surface area contributed by atoms with Gasteiger partial charge in [0, 0.05) is 12.1 Å². The molecule has 0 aromatic heterocycles. The molecule has 0 spiro atoms. The first kappa shape index (κ1) is 18.5. The van der Waals surface area contributed by atoms with Gasteiger partial charge in [-0.15, -0.1) is 0 Å². The van der Waals surface area contributed by atoms with Crippen LogP contribution in [0.15, 0.2) is 54.1 Å². The highest BCUT2D eigenvalue weighted by atomic mass is 16.5. The van der Waals surface area contributed by atoms with Crippen LogP contribution in [-0.4, -0.2) is 52.2 Å².